The molecule has 1 unspecified atom stereocenters. The van der Waals surface area contributed by atoms with Crippen LogP contribution in [-0.2, 0) is 11.3 Å². The Bertz CT molecular complexity index is 720. The number of nitrogens with one attached hydrogen (secondary N) is 2. The molecule has 2 aromatic rings. The normalized spacial score (nSPS) is 11.6. The minimum atomic E-state index is -0.633. The molecule has 0 saturated heterocycles. The lowest BCUT2D eigenvalue weighted by Crippen LogP contribution is -2.44. The van der Waals surface area contributed by atoms with Crippen LogP contribution in [0.5, 0.6) is 5.88 Å². The highest BCUT2D eigenvalue weighted by Crippen LogP contribution is 2.21. The molecule has 2 heterocycles. The van der Waals surface area contributed by atoms with Crippen molar-refractivity contribution in [1.29, 1.82) is 0 Å². The zero-order valence-corrected chi connectivity index (χ0v) is 15.7. The molecule has 128 valence electrons. The number of hydrogen-bond acceptors (Lipinski definition) is 5. The molecule has 2 rings (SSSR count). The van der Waals surface area contributed by atoms with Crippen LogP contribution in [-0.4, -0.2) is 29.4 Å². The first-order valence-corrected chi connectivity index (χ1v) is 9.02. The fourth-order valence-corrected chi connectivity index (χ4v) is 3.19. The summed E-state index contributed by atoms with van der Waals surface area (Å²) in [6.07, 6.45) is 1.63. The van der Waals surface area contributed by atoms with Crippen LogP contribution in [0.4, 0.5) is 0 Å². The second-order valence-electron chi connectivity index (χ2n) is 4.95. The third kappa shape index (κ3) is 5.31. The van der Waals surface area contributed by atoms with Crippen LogP contribution in [0.25, 0.3) is 0 Å². The van der Waals surface area contributed by atoms with Crippen molar-refractivity contribution in [2.24, 2.45) is 0 Å². The van der Waals surface area contributed by atoms with Crippen molar-refractivity contribution in [3.05, 3.63) is 44.7 Å². The number of hydrogen-bond donors (Lipinski definition) is 2. The van der Waals surface area contributed by atoms with Gasteiger partial charge in [-0.1, -0.05) is 0 Å². The molecule has 24 heavy (non-hydrogen) atoms. The molecule has 0 aliphatic rings. The largest absolute Gasteiger partial charge is 0.478 e. The summed E-state index contributed by atoms with van der Waals surface area (Å²) in [7, 11) is 0. The van der Waals surface area contributed by atoms with Crippen molar-refractivity contribution in [3.8, 4) is 5.88 Å². The van der Waals surface area contributed by atoms with E-state index in [9.17, 15) is 9.59 Å². The lowest BCUT2D eigenvalue weighted by Gasteiger charge is -2.14. The van der Waals surface area contributed by atoms with E-state index in [0.717, 1.165) is 9.35 Å². The van der Waals surface area contributed by atoms with Crippen LogP contribution in [0.3, 0.4) is 0 Å². The summed E-state index contributed by atoms with van der Waals surface area (Å²) in [5.41, 5.74) is 0.877. The summed E-state index contributed by atoms with van der Waals surface area (Å²) < 4.78 is 6.19. The highest BCUT2D eigenvalue weighted by Gasteiger charge is 2.17. The zero-order valence-electron chi connectivity index (χ0n) is 13.3. The van der Waals surface area contributed by atoms with Crippen molar-refractivity contribution in [1.82, 2.24) is 15.6 Å². The Morgan fingerprint density at radius 3 is 2.83 bits per heavy atom. The van der Waals surface area contributed by atoms with Gasteiger partial charge < -0.3 is 15.4 Å². The monoisotopic (exact) mass is 411 g/mol. The zero-order chi connectivity index (χ0) is 17.5. The standard InChI is InChI=1S/C16H18BrN3O3S/c1-3-23-14-8-11(6-7-18-14)9-19-15(21)10(2)20-16(22)12-4-5-13(17)24-12/h4-8,10H,3,9H2,1-2H3,(H,19,21)(H,20,22). The van der Waals surface area contributed by atoms with E-state index >= 15 is 0 Å². The molecule has 0 aliphatic carbocycles. The molecule has 0 radical (unpaired) electrons. The molecule has 0 aliphatic heterocycles. The van der Waals surface area contributed by atoms with Crippen LogP contribution >= 0.6 is 27.3 Å². The number of thiophene rings is 1. The van der Waals surface area contributed by atoms with E-state index in [4.69, 9.17) is 4.74 Å². The summed E-state index contributed by atoms with van der Waals surface area (Å²) in [4.78, 5) is 28.8. The van der Waals surface area contributed by atoms with Gasteiger partial charge in [-0.2, -0.15) is 0 Å². The van der Waals surface area contributed by atoms with Crippen LogP contribution in [0.1, 0.15) is 29.1 Å². The Morgan fingerprint density at radius 2 is 2.17 bits per heavy atom. The summed E-state index contributed by atoms with van der Waals surface area (Å²) >= 11 is 4.63. The second-order valence-corrected chi connectivity index (χ2v) is 7.42. The van der Waals surface area contributed by atoms with Gasteiger partial charge in [0.15, 0.2) is 0 Å². The Hall–Kier alpha value is -1.93. The minimum Gasteiger partial charge on any atom is -0.478 e. The van der Waals surface area contributed by atoms with Crippen LogP contribution < -0.4 is 15.4 Å². The molecular weight excluding hydrogens is 394 g/mol. The van der Waals surface area contributed by atoms with E-state index < -0.39 is 6.04 Å². The maximum absolute atomic E-state index is 12.1. The van der Waals surface area contributed by atoms with E-state index in [1.54, 1.807) is 37.4 Å². The SMILES string of the molecule is CCOc1cc(CNC(=O)C(C)NC(=O)c2ccc(Br)s2)ccn1. The van der Waals surface area contributed by atoms with E-state index in [2.05, 4.69) is 31.5 Å². The van der Waals surface area contributed by atoms with Gasteiger partial charge in [0.1, 0.15) is 6.04 Å². The average molecular weight is 412 g/mol. The number of carbonyl (C=O) groups is 2. The number of halogens is 1. The Morgan fingerprint density at radius 1 is 1.38 bits per heavy atom. The van der Waals surface area contributed by atoms with Gasteiger partial charge in [-0.15, -0.1) is 11.3 Å². The van der Waals surface area contributed by atoms with Gasteiger partial charge in [0.2, 0.25) is 11.8 Å². The van der Waals surface area contributed by atoms with E-state index in [1.165, 1.54) is 11.3 Å². The number of pyridine rings is 1. The number of nitrogens with zero attached hydrogens (tertiary/aromatic N) is 1. The fourth-order valence-electron chi connectivity index (χ4n) is 1.90. The predicted molar refractivity (Wildman–Crippen MR) is 96.2 cm³/mol. The van der Waals surface area contributed by atoms with Crippen molar-refractivity contribution >= 4 is 39.1 Å². The fraction of sp³-hybridized carbons (Fsp3) is 0.312. The summed E-state index contributed by atoms with van der Waals surface area (Å²) in [5.74, 6) is -0.00138. The minimum absolute atomic E-state index is 0.256. The van der Waals surface area contributed by atoms with E-state index in [1.807, 2.05) is 6.92 Å². The van der Waals surface area contributed by atoms with E-state index in [0.29, 0.717) is 23.9 Å². The molecular formula is C16H18BrN3O3S. The number of amides is 2. The number of rotatable bonds is 7. The van der Waals surface area contributed by atoms with Gasteiger partial charge in [-0.3, -0.25) is 9.59 Å². The van der Waals surface area contributed by atoms with Crippen LogP contribution in [0, 0.1) is 0 Å². The van der Waals surface area contributed by atoms with Crippen LogP contribution in [0.15, 0.2) is 34.2 Å². The topological polar surface area (TPSA) is 80.3 Å². The molecule has 8 heteroatoms. The van der Waals surface area contributed by atoms with Gasteiger partial charge in [-0.05, 0) is 53.5 Å². The summed E-state index contributed by atoms with van der Waals surface area (Å²) in [6, 6.07) is 6.45. The van der Waals surface area contributed by atoms with Crippen LogP contribution in [0.2, 0.25) is 0 Å². The molecule has 0 bridgehead atoms. The third-order valence-electron chi connectivity index (χ3n) is 3.10. The van der Waals surface area contributed by atoms with Gasteiger partial charge in [0, 0.05) is 18.8 Å². The first kappa shape index (κ1) is 18.4. The lowest BCUT2D eigenvalue weighted by atomic mass is 10.2. The maximum Gasteiger partial charge on any atom is 0.262 e. The Labute approximate surface area is 152 Å². The van der Waals surface area contributed by atoms with Gasteiger partial charge in [0.25, 0.3) is 5.91 Å². The summed E-state index contributed by atoms with van der Waals surface area (Å²) in [5, 5.41) is 5.47. The molecule has 2 amide bonds. The Kier molecular flexibility index (Phi) is 6.74. The first-order chi connectivity index (χ1) is 11.5. The maximum atomic E-state index is 12.1. The number of aromatic nitrogens is 1. The van der Waals surface area contributed by atoms with Gasteiger partial charge >= 0.3 is 0 Å². The lowest BCUT2D eigenvalue weighted by molar-refractivity contribution is -0.122. The number of ether oxygens (including phenoxy) is 1. The average Bonchev–Trinajstić information content (AvgIpc) is 3.00. The van der Waals surface area contributed by atoms with Gasteiger partial charge in [-0.25, -0.2) is 4.98 Å². The second kappa shape index (κ2) is 8.79. The Balaban J connectivity index is 1.85. The third-order valence-corrected chi connectivity index (χ3v) is 4.72. The molecule has 2 N–H and O–H groups in total. The highest BCUT2D eigenvalue weighted by molar-refractivity contribution is 9.11. The molecule has 2 aromatic heterocycles. The van der Waals surface area contributed by atoms with E-state index in [-0.39, 0.29) is 11.8 Å². The first-order valence-electron chi connectivity index (χ1n) is 7.41. The van der Waals surface area contributed by atoms with Crippen molar-refractivity contribution < 1.29 is 14.3 Å². The summed E-state index contributed by atoms with van der Waals surface area (Å²) in [6.45, 7) is 4.40. The molecule has 0 fully saturated rings. The predicted octanol–water partition coefficient (Wildman–Crippen LogP) is 2.74. The smallest absolute Gasteiger partial charge is 0.262 e. The highest BCUT2D eigenvalue weighted by atomic mass is 79.9. The van der Waals surface area contributed by atoms with Gasteiger partial charge in [0.05, 0.1) is 15.3 Å². The molecule has 6 nitrogen and oxygen atoms in total. The van der Waals surface area contributed by atoms with Crippen molar-refractivity contribution in [2.45, 2.75) is 26.4 Å². The quantitative estimate of drug-likeness (QED) is 0.733. The molecule has 0 saturated carbocycles. The molecule has 1 atom stereocenters. The molecule has 0 spiro atoms. The number of carbonyl (C=O) groups excluding carboxylic acids is 2. The van der Waals surface area contributed by atoms with Crippen molar-refractivity contribution in [3.63, 3.8) is 0 Å². The molecule has 0 aromatic carbocycles. The van der Waals surface area contributed by atoms with Crippen molar-refractivity contribution in [2.75, 3.05) is 6.61 Å².